The minimum Gasteiger partial charge on any atom is -0.463 e. The van der Waals surface area contributed by atoms with Crippen LogP contribution in [-0.4, -0.2) is 27.0 Å². The van der Waals surface area contributed by atoms with E-state index in [4.69, 9.17) is 4.42 Å². The second kappa shape index (κ2) is 8.19. The Morgan fingerprint density at radius 1 is 0.781 bits per heavy atom. The van der Waals surface area contributed by atoms with Gasteiger partial charge >= 0.3 is 0 Å². The number of furan rings is 1. The molecule has 0 saturated heterocycles. The summed E-state index contributed by atoms with van der Waals surface area (Å²) in [6.07, 6.45) is 1.54. The summed E-state index contributed by atoms with van der Waals surface area (Å²) >= 11 is 0. The van der Waals surface area contributed by atoms with E-state index in [-0.39, 0.29) is 17.3 Å². The predicted molar refractivity (Wildman–Crippen MR) is 120 cm³/mol. The first-order chi connectivity index (χ1) is 15.7. The highest BCUT2D eigenvalue weighted by Crippen LogP contribution is 2.24. The number of benzene rings is 2. The van der Waals surface area contributed by atoms with Gasteiger partial charge in [0.05, 0.1) is 23.2 Å². The molecule has 2 amide bonds. The summed E-state index contributed by atoms with van der Waals surface area (Å²) < 4.78 is 5.31. The molecule has 0 aliphatic carbocycles. The summed E-state index contributed by atoms with van der Waals surface area (Å²) in [5.41, 5.74) is 2.67. The molecule has 3 heterocycles. The maximum atomic E-state index is 12.8. The Balaban J connectivity index is 1.34. The van der Waals surface area contributed by atoms with Gasteiger partial charge in [-0.05, 0) is 36.4 Å². The molecular weight excluding hydrogens is 406 g/mol. The van der Waals surface area contributed by atoms with E-state index in [0.717, 1.165) is 10.9 Å². The third-order valence-electron chi connectivity index (χ3n) is 4.85. The molecule has 2 aromatic carbocycles. The average Bonchev–Trinajstić information content (AvgIpc) is 3.52. The zero-order valence-corrected chi connectivity index (χ0v) is 16.7. The molecule has 5 aromatic rings. The molecule has 0 aliphatic heterocycles. The van der Waals surface area contributed by atoms with Gasteiger partial charge in [0.2, 0.25) is 0 Å². The van der Waals surface area contributed by atoms with Crippen molar-refractivity contribution in [3.8, 4) is 11.5 Å². The van der Waals surface area contributed by atoms with Gasteiger partial charge in [-0.25, -0.2) is 4.98 Å². The average molecular weight is 423 g/mol. The second-order valence-electron chi connectivity index (χ2n) is 6.99. The minimum atomic E-state index is -0.426. The quantitative estimate of drug-likeness (QED) is 0.378. The van der Waals surface area contributed by atoms with Gasteiger partial charge in [0.1, 0.15) is 11.4 Å². The van der Waals surface area contributed by atoms with E-state index in [1.807, 2.05) is 30.3 Å². The van der Waals surface area contributed by atoms with Crippen molar-refractivity contribution in [1.29, 1.82) is 0 Å². The largest absolute Gasteiger partial charge is 0.463 e. The smallest absolute Gasteiger partial charge is 0.276 e. The van der Waals surface area contributed by atoms with Crippen molar-refractivity contribution in [2.24, 2.45) is 0 Å². The number of anilines is 2. The van der Waals surface area contributed by atoms with Crippen LogP contribution in [0.2, 0.25) is 0 Å². The van der Waals surface area contributed by atoms with Gasteiger partial charge in [-0.1, -0.05) is 36.4 Å². The number of nitrogens with zero attached hydrogens (tertiary/aromatic N) is 2. The number of H-pyrrole nitrogens is 1. The molecule has 0 fully saturated rings. The monoisotopic (exact) mass is 423 g/mol. The van der Waals surface area contributed by atoms with Gasteiger partial charge in [-0.15, -0.1) is 0 Å². The molecule has 5 rings (SSSR count). The number of aromatic nitrogens is 3. The topological polar surface area (TPSA) is 113 Å². The number of para-hydroxylation sites is 3. The predicted octanol–water partition coefficient (Wildman–Crippen LogP) is 4.72. The van der Waals surface area contributed by atoms with Gasteiger partial charge in [-0.3, -0.25) is 14.7 Å². The zero-order valence-electron chi connectivity index (χ0n) is 16.7. The molecule has 3 N–H and O–H groups in total. The van der Waals surface area contributed by atoms with Gasteiger partial charge in [-0.2, -0.15) is 5.10 Å². The number of aromatic amines is 1. The molecule has 0 saturated carbocycles. The Bertz CT molecular complexity index is 1420. The van der Waals surface area contributed by atoms with E-state index >= 15 is 0 Å². The SMILES string of the molecule is O=C(Nc1ccccc1NC(=O)c1ccc2ccccc2n1)c1cc(-c2ccco2)[nH]n1. The number of carbonyl (C=O) groups excluding carboxylic acids is 2. The van der Waals surface area contributed by atoms with E-state index in [1.165, 1.54) is 0 Å². The van der Waals surface area contributed by atoms with Crippen LogP contribution in [0, 0.1) is 0 Å². The third kappa shape index (κ3) is 3.84. The Kier molecular flexibility index (Phi) is 4.93. The number of fused-ring (bicyclic) bond motifs is 1. The van der Waals surface area contributed by atoms with Crippen LogP contribution in [0.15, 0.2) is 89.5 Å². The van der Waals surface area contributed by atoms with Crippen LogP contribution < -0.4 is 10.6 Å². The number of hydrogen-bond donors (Lipinski definition) is 3. The molecule has 32 heavy (non-hydrogen) atoms. The van der Waals surface area contributed by atoms with Crippen LogP contribution in [0.3, 0.4) is 0 Å². The van der Waals surface area contributed by atoms with Crippen LogP contribution in [0.5, 0.6) is 0 Å². The van der Waals surface area contributed by atoms with Crippen LogP contribution in [-0.2, 0) is 0 Å². The van der Waals surface area contributed by atoms with Gasteiger partial charge in [0.25, 0.3) is 11.8 Å². The summed E-state index contributed by atoms with van der Waals surface area (Å²) in [6.45, 7) is 0. The molecule has 0 atom stereocenters. The lowest BCUT2D eigenvalue weighted by molar-refractivity contribution is 0.101. The fraction of sp³-hybridized carbons (Fsp3) is 0. The van der Waals surface area contributed by atoms with Crippen LogP contribution in [0.25, 0.3) is 22.4 Å². The second-order valence-corrected chi connectivity index (χ2v) is 6.99. The molecule has 0 spiro atoms. The van der Waals surface area contributed by atoms with E-state index < -0.39 is 5.91 Å². The molecule has 0 unspecified atom stereocenters. The van der Waals surface area contributed by atoms with Gasteiger partial charge in [0.15, 0.2) is 11.5 Å². The highest BCUT2D eigenvalue weighted by Gasteiger charge is 2.16. The summed E-state index contributed by atoms with van der Waals surface area (Å²) in [7, 11) is 0. The van der Waals surface area contributed by atoms with Crippen molar-refractivity contribution < 1.29 is 14.0 Å². The van der Waals surface area contributed by atoms with Crippen LogP contribution in [0.1, 0.15) is 21.0 Å². The normalized spacial score (nSPS) is 10.8. The van der Waals surface area contributed by atoms with Crippen molar-refractivity contribution in [3.05, 3.63) is 96.5 Å². The summed E-state index contributed by atoms with van der Waals surface area (Å²) in [5, 5.41) is 13.4. The van der Waals surface area contributed by atoms with Crippen LogP contribution >= 0.6 is 0 Å². The van der Waals surface area contributed by atoms with Gasteiger partial charge < -0.3 is 15.1 Å². The fourth-order valence-electron chi connectivity index (χ4n) is 3.26. The zero-order chi connectivity index (χ0) is 21.9. The summed E-state index contributed by atoms with van der Waals surface area (Å²) in [6, 6.07) is 23.1. The summed E-state index contributed by atoms with van der Waals surface area (Å²) in [4.78, 5) is 29.9. The number of hydrogen-bond acceptors (Lipinski definition) is 5. The first kappa shape index (κ1) is 19.3. The molecule has 0 aliphatic rings. The lowest BCUT2D eigenvalue weighted by Gasteiger charge is -2.11. The highest BCUT2D eigenvalue weighted by molar-refractivity contribution is 6.09. The Hall–Kier alpha value is -4.72. The number of amides is 2. The molecule has 8 heteroatoms. The van der Waals surface area contributed by atoms with Crippen LogP contribution in [0.4, 0.5) is 11.4 Å². The van der Waals surface area contributed by atoms with Crippen molar-refractivity contribution in [3.63, 3.8) is 0 Å². The maximum Gasteiger partial charge on any atom is 0.276 e. The lowest BCUT2D eigenvalue weighted by Crippen LogP contribution is -2.17. The summed E-state index contributed by atoms with van der Waals surface area (Å²) in [5.74, 6) is -0.228. The molecule has 3 aromatic heterocycles. The van der Waals surface area contributed by atoms with Crippen molar-refractivity contribution in [1.82, 2.24) is 15.2 Å². The number of rotatable bonds is 5. The Morgan fingerprint density at radius 2 is 1.50 bits per heavy atom. The lowest BCUT2D eigenvalue weighted by atomic mass is 10.2. The number of nitrogens with one attached hydrogen (secondary N) is 3. The molecule has 8 nitrogen and oxygen atoms in total. The van der Waals surface area contributed by atoms with E-state index in [1.54, 1.807) is 54.8 Å². The number of carbonyl (C=O) groups is 2. The van der Waals surface area contributed by atoms with Gasteiger partial charge in [0, 0.05) is 11.5 Å². The van der Waals surface area contributed by atoms with Crippen molar-refractivity contribution in [2.75, 3.05) is 10.6 Å². The molecular formula is C24H17N5O3. The van der Waals surface area contributed by atoms with E-state index in [9.17, 15) is 9.59 Å². The Morgan fingerprint density at radius 3 is 2.25 bits per heavy atom. The molecule has 0 radical (unpaired) electrons. The van der Waals surface area contributed by atoms with E-state index in [2.05, 4.69) is 25.8 Å². The minimum absolute atomic E-state index is 0.189. The standard InChI is InChI=1S/C24H17N5O3/c30-23(19-12-11-15-6-1-2-7-16(15)25-19)26-17-8-3-4-9-18(17)27-24(31)21-14-20(28-29-21)22-10-5-13-32-22/h1-14H,(H,26,30)(H,27,31)(H,28,29). The first-order valence-corrected chi connectivity index (χ1v) is 9.84. The first-order valence-electron chi connectivity index (χ1n) is 9.84. The third-order valence-corrected chi connectivity index (χ3v) is 4.85. The highest BCUT2D eigenvalue weighted by atomic mass is 16.3. The molecule has 0 bridgehead atoms. The van der Waals surface area contributed by atoms with Crippen molar-refractivity contribution in [2.45, 2.75) is 0 Å². The number of pyridine rings is 1. The Labute approximate surface area is 182 Å². The van der Waals surface area contributed by atoms with E-state index in [0.29, 0.717) is 22.8 Å². The molecule has 156 valence electrons. The maximum absolute atomic E-state index is 12.8. The fourth-order valence-corrected chi connectivity index (χ4v) is 3.26. The van der Waals surface area contributed by atoms with Crippen molar-refractivity contribution >= 4 is 34.1 Å².